The minimum atomic E-state index is -0.766. The smallest absolute Gasteiger partial charge is 0.306 e. The molecule has 0 aromatic rings. The molecule has 0 spiro atoms. The van der Waals surface area contributed by atoms with E-state index >= 15 is 0 Å². The number of carbonyl (C=O) groups excluding carboxylic acids is 3. The molecule has 1 atom stereocenters. The number of hydrogen-bond donors (Lipinski definition) is 0. The maximum absolute atomic E-state index is 12.8. The van der Waals surface area contributed by atoms with Gasteiger partial charge in [-0.05, 0) is 44.9 Å². The molecule has 0 radical (unpaired) electrons. The van der Waals surface area contributed by atoms with Gasteiger partial charge in [-0.2, -0.15) is 0 Å². The molecule has 0 aliphatic rings. The number of esters is 3. The van der Waals surface area contributed by atoms with Gasteiger partial charge in [0.25, 0.3) is 0 Å². The van der Waals surface area contributed by atoms with Gasteiger partial charge in [-0.1, -0.05) is 251 Å². The van der Waals surface area contributed by atoms with Gasteiger partial charge in [-0.15, -0.1) is 0 Å². The van der Waals surface area contributed by atoms with E-state index in [1.807, 2.05) is 0 Å². The van der Waals surface area contributed by atoms with Crippen LogP contribution in [0, 0.1) is 0 Å². The second-order valence-corrected chi connectivity index (χ2v) is 18.5. The van der Waals surface area contributed by atoms with Crippen molar-refractivity contribution in [3.8, 4) is 0 Å². The fourth-order valence-corrected chi connectivity index (χ4v) is 8.14. The molecule has 0 amide bonds. The van der Waals surface area contributed by atoms with Crippen LogP contribution in [0.1, 0.15) is 303 Å². The van der Waals surface area contributed by atoms with Gasteiger partial charge >= 0.3 is 17.9 Å². The molecule has 6 heteroatoms. The molecule has 0 aliphatic heterocycles. The average Bonchev–Trinajstić information content (AvgIpc) is 3.26. The summed E-state index contributed by atoms with van der Waals surface area (Å²) in [6.07, 6.45) is 56.2. The lowest BCUT2D eigenvalue weighted by molar-refractivity contribution is -0.167. The van der Waals surface area contributed by atoms with Crippen LogP contribution in [0.5, 0.6) is 0 Å². The number of allylic oxidation sites excluding steroid dienone is 2. The molecule has 360 valence electrons. The van der Waals surface area contributed by atoms with Crippen molar-refractivity contribution in [2.75, 3.05) is 13.2 Å². The lowest BCUT2D eigenvalue weighted by Gasteiger charge is -2.18. The Balaban J connectivity index is 4.33. The fraction of sp³-hybridized carbons (Fsp3) is 0.909. The molecular formula is C55H104O6. The van der Waals surface area contributed by atoms with Gasteiger partial charge in [0.2, 0.25) is 0 Å². The molecular weight excluding hydrogens is 757 g/mol. The average molecular weight is 861 g/mol. The van der Waals surface area contributed by atoms with Gasteiger partial charge < -0.3 is 14.2 Å². The Bertz CT molecular complexity index is 947. The highest BCUT2D eigenvalue weighted by molar-refractivity contribution is 5.71. The van der Waals surface area contributed by atoms with E-state index in [1.165, 1.54) is 199 Å². The van der Waals surface area contributed by atoms with Crippen LogP contribution < -0.4 is 0 Å². The van der Waals surface area contributed by atoms with Crippen LogP contribution >= 0.6 is 0 Å². The van der Waals surface area contributed by atoms with E-state index in [2.05, 4.69) is 32.9 Å². The van der Waals surface area contributed by atoms with Crippen molar-refractivity contribution in [3.05, 3.63) is 12.2 Å². The summed E-state index contributed by atoms with van der Waals surface area (Å²) < 4.78 is 16.8. The van der Waals surface area contributed by atoms with Crippen LogP contribution in [0.4, 0.5) is 0 Å². The quantitative estimate of drug-likeness (QED) is 0.0262. The van der Waals surface area contributed by atoms with Gasteiger partial charge in [0.15, 0.2) is 6.10 Å². The lowest BCUT2D eigenvalue weighted by Crippen LogP contribution is -2.30. The van der Waals surface area contributed by atoms with Crippen molar-refractivity contribution in [2.45, 2.75) is 309 Å². The molecule has 0 aromatic carbocycles. The molecule has 0 saturated carbocycles. The van der Waals surface area contributed by atoms with E-state index in [4.69, 9.17) is 14.2 Å². The predicted octanol–water partition coefficient (Wildman–Crippen LogP) is 17.8. The summed E-state index contributed by atoms with van der Waals surface area (Å²) in [4.78, 5) is 38.0. The highest BCUT2D eigenvalue weighted by Crippen LogP contribution is 2.16. The third kappa shape index (κ3) is 49.0. The predicted molar refractivity (Wildman–Crippen MR) is 261 cm³/mol. The maximum Gasteiger partial charge on any atom is 0.306 e. The summed E-state index contributed by atoms with van der Waals surface area (Å²) >= 11 is 0. The van der Waals surface area contributed by atoms with Gasteiger partial charge in [0.1, 0.15) is 13.2 Å². The Morgan fingerprint density at radius 1 is 0.311 bits per heavy atom. The molecule has 0 bridgehead atoms. The SMILES string of the molecule is CCCCCCCCC=CCCCCCCCC(=O)OCC(COC(=O)CCCCCCCCCCCCCCCC)OC(=O)CCCCCCCCCCCCCCCC. The summed E-state index contributed by atoms with van der Waals surface area (Å²) in [6, 6.07) is 0. The summed E-state index contributed by atoms with van der Waals surface area (Å²) in [5, 5.41) is 0. The number of unbranched alkanes of at least 4 members (excludes halogenated alkanes) is 37. The first-order valence-electron chi connectivity index (χ1n) is 27.2. The van der Waals surface area contributed by atoms with Crippen LogP contribution in [-0.2, 0) is 28.6 Å². The van der Waals surface area contributed by atoms with Gasteiger partial charge in [-0.25, -0.2) is 0 Å². The summed E-state index contributed by atoms with van der Waals surface area (Å²) in [5.41, 5.74) is 0. The number of rotatable bonds is 50. The van der Waals surface area contributed by atoms with Crippen molar-refractivity contribution in [3.63, 3.8) is 0 Å². The van der Waals surface area contributed by atoms with E-state index in [0.29, 0.717) is 19.3 Å². The molecule has 0 aromatic heterocycles. The van der Waals surface area contributed by atoms with Crippen molar-refractivity contribution >= 4 is 17.9 Å². The summed E-state index contributed by atoms with van der Waals surface area (Å²) in [7, 11) is 0. The molecule has 0 heterocycles. The molecule has 0 N–H and O–H groups in total. The maximum atomic E-state index is 12.8. The lowest BCUT2D eigenvalue weighted by atomic mass is 10.0. The minimum Gasteiger partial charge on any atom is -0.462 e. The van der Waals surface area contributed by atoms with Crippen LogP contribution in [-0.4, -0.2) is 37.2 Å². The standard InChI is InChI=1S/C55H104O6/c1-4-7-10-13-16-19-22-25-28-31-33-36-39-42-45-48-54(57)60-51-52(61-55(58)49-46-43-40-37-34-30-27-24-21-18-15-12-9-6-3)50-59-53(56)47-44-41-38-35-32-29-26-23-20-17-14-11-8-5-2/h25,28,52H,4-24,26-27,29-51H2,1-3H3. The van der Waals surface area contributed by atoms with Gasteiger partial charge in [0.05, 0.1) is 0 Å². The molecule has 6 nitrogen and oxygen atoms in total. The largest absolute Gasteiger partial charge is 0.462 e. The second-order valence-electron chi connectivity index (χ2n) is 18.5. The Morgan fingerprint density at radius 3 is 0.820 bits per heavy atom. The van der Waals surface area contributed by atoms with Crippen LogP contribution in [0.3, 0.4) is 0 Å². The Hall–Kier alpha value is -1.85. The first-order chi connectivity index (χ1) is 30.0. The monoisotopic (exact) mass is 861 g/mol. The molecule has 1 unspecified atom stereocenters. The van der Waals surface area contributed by atoms with Crippen LogP contribution in [0.25, 0.3) is 0 Å². The number of carbonyl (C=O) groups is 3. The molecule has 0 fully saturated rings. The topological polar surface area (TPSA) is 78.9 Å². The Morgan fingerprint density at radius 2 is 0.541 bits per heavy atom. The minimum absolute atomic E-state index is 0.0669. The normalized spacial score (nSPS) is 12.0. The van der Waals surface area contributed by atoms with E-state index in [0.717, 1.165) is 64.2 Å². The van der Waals surface area contributed by atoms with Crippen LogP contribution in [0.15, 0.2) is 12.2 Å². The Labute approximate surface area is 380 Å². The Kier molecular flexibility index (Phi) is 49.3. The van der Waals surface area contributed by atoms with Crippen molar-refractivity contribution in [2.24, 2.45) is 0 Å². The third-order valence-electron chi connectivity index (χ3n) is 12.3. The fourth-order valence-electron chi connectivity index (χ4n) is 8.14. The highest BCUT2D eigenvalue weighted by Gasteiger charge is 2.19. The molecule has 0 rings (SSSR count). The van der Waals surface area contributed by atoms with E-state index in [9.17, 15) is 14.4 Å². The molecule has 61 heavy (non-hydrogen) atoms. The van der Waals surface area contributed by atoms with Crippen molar-refractivity contribution in [1.82, 2.24) is 0 Å². The number of ether oxygens (including phenoxy) is 3. The summed E-state index contributed by atoms with van der Waals surface area (Å²) in [6.45, 7) is 6.67. The zero-order valence-electron chi connectivity index (χ0n) is 41.2. The highest BCUT2D eigenvalue weighted by atomic mass is 16.6. The van der Waals surface area contributed by atoms with Crippen molar-refractivity contribution in [1.29, 1.82) is 0 Å². The van der Waals surface area contributed by atoms with Crippen LogP contribution in [0.2, 0.25) is 0 Å². The zero-order chi connectivity index (χ0) is 44.4. The summed E-state index contributed by atoms with van der Waals surface area (Å²) in [5.74, 6) is -0.855. The first kappa shape index (κ1) is 59.1. The molecule has 0 saturated heterocycles. The van der Waals surface area contributed by atoms with E-state index < -0.39 is 6.10 Å². The van der Waals surface area contributed by atoms with E-state index in [-0.39, 0.29) is 31.1 Å². The van der Waals surface area contributed by atoms with E-state index in [1.54, 1.807) is 0 Å². The van der Waals surface area contributed by atoms with Gasteiger partial charge in [0, 0.05) is 19.3 Å². The zero-order valence-corrected chi connectivity index (χ0v) is 41.2. The third-order valence-corrected chi connectivity index (χ3v) is 12.3. The first-order valence-corrected chi connectivity index (χ1v) is 27.2. The van der Waals surface area contributed by atoms with Gasteiger partial charge in [-0.3, -0.25) is 14.4 Å². The number of hydrogen-bond acceptors (Lipinski definition) is 6. The second kappa shape index (κ2) is 50.8. The molecule has 0 aliphatic carbocycles. The van der Waals surface area contributed by atoms with Crippen molar-refractivity contribution < 1.29 is 28.6 Å².